The first-order valence-electron chi connectivity index (χ1n) is 8.62. The maximum Gasteiger partial charge on any atom is 0.271 e. The van der Waals surface area contributed by atoms with Crippen molar-refractivity contribution in [2.24, 2.45) is 28.8 Å². The summed E-state index contributed by atoms with van der Waals surface area (Å²) in [6.45, 7) is 11.0. The smallest absolute Gasteiger partial charge is 0.267 e. The highest BCUT2D eigenvalue weighted by molar-refractivity contribution is 5.94. The van der Waals surface area contributed by atoms with Gasteiger partial charge in [-0.3, -0.25) is 4.79 Å². The van der Waals surface area contributed by atoms with Gasteiger partial charge in [0.2, 0.25) is 0 Å². The lowest BCUT2D eigenvalue weighted by Gasteiger charge is -2.36. The third kappa shape index (κ3) is 4.44. The molecule has 24 heavy (non-hydrogen) atoms. The van der Waals surface area contributed by atoms with E-state index in [9.17, 15) is 4.79 Å². The highest BCUT2D eigenvalue weighted by Gasteiger charge is 2.31. The molecule has 1 aromatic carbocycles. The van der Waals surface area contributed by atoms with Crippen LogP contribution in [0.4, 0.5) is 0 Å². The van der Waals surface area contributed by atoms with E-state index >= 15 is 0 Å². The molecule has 0 unspecified atom stereocenters. The number of hydrogen-bond donors (Lipinski definition) is 1. The molecule has 128 valence electrons. The Kier molecular flexibility index (Phi) is 6.13. The van der Waals surface area contributed by atoms with Gasteiger partial charge in [-0.1, -0.05) is 55.3 Å². The van der Waals surface area contributed by atoms with E-state index in [1.54, 1.807) is 12.1 Å². The number of hydrogen-bond acceptors (Lipinski definition) is 2. The fourth-order valence-electron chi connectivity index (χ4n) is 3.28. The molecule has 1 aliphatic carbocycles. The van der Waals surface area contributed by atoms with Crippen LogP contribution < -0.4 is 5.43 Å². The monoisotopic (exact) mass is 324 g/mol. The first-order valence-corrected chi connectivity index (χ1v) is 8.62. The molecule has 2 rings (SSSR count). The van der Waals surface area contributed by atoms with Gasteiger partial charge >= 0.3 is 0 Å². The fourth-order valence-corrected chi connectivity index (χ4v) is 3.28. The molecule has 0 bridgehead atoms. The SMILES string of the molecule is CC(C)=C[C@@H]1C=C(C)[C@H](C)[C@H](C)[C@H]1C=NNC(=O)c1ccccc1. The van der Waals surface area contributed by atoms with Crippen molar-refractivity contribution in [3.05, 3.63) is 59.2 Å². The number of carbonyl (C=O) groups excluding carboxylic acids is 1. The normalized spacial score (nSPS) is 26.8. The summed E-state index contributed by atoms with van der Waals surface area (Å²) < 4.78 is 0. The first kappa shape index (κ1) is 18.2. The summed E-state index contributed by atoms with van der Waals surface area (Å²) in [7, 11) is 0. The van der Waals surface area contributed by atoms with E-state index < -0.39 is 0 Å². The third-order valence-corrected chi connectivity index (χ3v) is 4.99. The Morgan fingerprint density at radius 3 is 2.46 bits per heavy atom. The van der Waals surface area contributed by atoms with Crippen LogP contribution in [0.2, 0.25) is 0 Å². The lowest BCUT2D eigenvalue weighted by molar-refractivity contribution is 0.0954. The molecule has 0 fully saturated rings. The second-order valence-electron chi connectivity index (χ2n) is 7.04. The van der Waals surface area contributed by atoms with Crippen molar-refractivity contribution >= 4 is 12.1 Å². The fraction of sp³-hybridized carbons (Fsp3) is 0.429. The van der Waals surface area contributed by atoms with Crippen LogP contribution in [0.25, 0.3) is 0 Å². The third-order valence-electron chi connectivity index (χ3n) is 4.99. The average molecular weight is 324 g/mol. The summed E-state index contributed by atoms with van der Waals surface area (Å²) in [4.78, 5) is 12.1. The average Bonchev–Trinajstić information content (AvgIpc) is 2.56. The summed E-state index contributed by atoms with van der Waals surface area (Å²) in [6.07, 6.45) is 6.55. The topological polar surface area (TPSA) is 41.5 Å². The molecule has 0 heterocycles. The maximum absolute atomic E-state index is 12.1. The minimum atomic E-state index is -0.172. The zero-order valence-electron chi connectivity index (χ0n) is 15.3. The number of nitrogens with zero attached hydrogens (tertiary/aromatic N) is 1. The van der Waals surface area contributed by atoms with E-state index in [1.807, 2.05) is 24.4 Å². The van der Waals surface area contributed by atoms with Gasteiger partial charge in [-0.15, -0.1) is 0 Å². The highest BCUT2D eigenvalue weighted by Crippen LogP contribution is 2.38. The molecule has 0 aliphatic heterocycles. The molecular formula is C21H28N2O. The molecule has 3 heteroatoms. The van der Waals surface area contributed by atoms with E-state index in [0.717, 1.165) is 0 Å². The molecular weight excluding hydrogens is 296 g/mol. The van der Waals surface area contributed by atoms with Crippen LogP contribution >= 0.6 is 0 Å². The molecule has 0 saturated carbocycles. The second-order valence-corrected chi connectivity index (χ2v) is 7.04. The molecule has 1 amide bonds. The quantitative estimate of drug-likeness (QED) is 0.481. The number of nitrogens with one attached hydrogen (secondary N) is 1. The van der Waals surface area contributed by atoms with Gasteiger partial charge in [0.05, 0.1) is 0 Å². The highest BCUT2D eigenvalue weighted by atomic mass is 16.2. The van der Waals surface area contributed by atoms with Crippen molar-refractivity contribution in [2.75, 3.05) is 0 Å². The zero-order chi connectivity index (χ0) is 17.7. The maximum atomic E-state index is 12.1. The van der Waals surface area contributed by atoms with Crippen molar-refractivity contribution in [1.82, 2.24) is 5.43 Å². The lowest BCUT2D eigenvalue weighted by Crippen LogP contribution is -2.32. The van der Waals surface area contributed by atoms with Crippen LogP contribution in [-0.2, 0) is 0 Å². The van der Waals surface area contributed by atoms with Gasteiger partial charge in [0.1, 0.15) is 0 Å². The zero-order valence-corrected chi connectivity index (χ0v) is 15.3. The van der Waals surface area contributed by atoms with E-state index in [-0.39, 0.29) is 11.8 Å². The van der Waals surface area contributed by atoms with Gasteiger partial charge in [-0.05, 0) is 44.7 Å². The number of hydrazone groups is 1. The Balaban J connectivity index is 2.13. The van der Waals surface area contributed by atoms with E-state index in [2.05, 4.69) is 57.3 Å². The summed E-state index contributed by atoms with van der Waals surface area (Å²) in [5.41, 5.74) is 6.01. The largest absolute Gasteiger partial charge is 0.271 e. The van der Waals surface area contributed by atoms with E-state index in [0.29, 0.717) is 23.3 Å². The van der Waals surface area contributed by atoms with Crippen LogP contribution in [0, 0.1) is 23.7 Å². The van der Waals surface area contributed by atoms with Gasteiger partial charge in [-0.2, -0.15) is 5.10 Å². The van der Waals surface area contributed by atoms with Crippen LogP contribution in [0.5, 0.6) is 0 Å². The van der Waals surface area contributed by atoms with E-state index in [4.69, 9.17) is 0 Å². The molecule has 1 N–H and O–H groups in total. The van der Waals surface area contributed by atoms with Crippen LogP contribution in [-0.4, -0.2) is 12.1 Å². The Morgan fingerprint density at radius 2 is 1.83 bits per heavy atom. The molecule has 4 atom stereocenters. The number of rotatable bonds is 4. The summed E-state index contributed by atoms with van der Waals surface area (Å²) in [5.74, 6) is 1.45. The van der Waals surface area contributed by atoms with Crippen molar-refractivity contribution in [2.45, 2.75) is 34.6 Å². The molecule has 0 radical (unpaired) electrons. The van der Waals surface area contributed by atoms with Gasteiger partial charge in [0, 0.05) is 23.6 Å². The van der Waals surface area contributed by atoms with Crippen molar-refractivity contribution < 1.29 is 4.79 Å². The summed E-state index contributed by atoms with van der Waals surface area (Å²) >= 11 is 0. The van der Waals surface area contributed by atoms with E-state index in [1.165, 1.54) is 11.1 Å². The lowest BCUT2D eigenvalue weighted by atomic mass is 9.69. The predicted octanol–water partition coefficient (Wildman–Crippen LogP) is 4.83. The molecule has 3 nitrogen and oxygen atoms in total. The minimum Gasteiger partial charge on any atom is -0.267 e. The van der Waals surface area contributed by atoms with Crippen molar-refractivity contribution in [3.8, 4) is 0 Å². The molecule has 1 aromatic rings. The predicted molar refractivity (Wildman–Crippen MR) is 101 cm³/mol. The first-order chi connectivity index (χ1) is 11.4. The Hall–Kier alpha value is -2.16. The minimum absolute atomic E-state index is 0.172. The molecule has 0 spiro atoms. The van der Waals surface area contributed by atoms with Crippen LogP contribution in [0.15, 0.2) is 58.7 Å². The van der Waals surface area contributed by atoms with Crippen LogP contribution in [0.1, 0.15) is 45.0 Å². The van der Waals surface area contributed by atoms with Crippen molar-refractivity contribution in [1.29, 1.82) is 0 Å². The van der Waals surface area contributed by atoms with Crippen molar-refractivity contribution in [3.63, 3.8) is 0 Å². The number of benzene rings is 1. The standard InChI is InChI=1S/C21H28N2O/c1-14(2)11-19-12-15(3)16(4)17(5)20(19)13-22-23-21(24)18-9-7-6-8-10-18/h6-13,16-17,19-20H,1-5H3,(H,23,24)/t16-,17-,19+,20+/m0/s1. The van der Waals surface area contributed by atoms with Crippen LogP contribution in [0.3, 0.4) is 0 Å². The number of amides is 1. The molecule has 0 aromatic heterocycles. The number of carbonyl (C=O) groups is 1. The molecule has 1 aliphatic rings. The summed E-state index contributed by atoms with van der Waals surface area (Å²) in [6, 6.07) is 9.16. The van der Waals surface area contributed by atoms with Gasteiger partial charge in [0.25, 0.3) is 5.91 Å². The Labute approximate surface area is 145 Å². The van der Waals surface area contributed by atoms with Gasteiger partial charge < -0.3 is 0 Å². The Morgan fingerprint density at radius 1 is 1.17 bits per heavy atom. The molecule has 0 saturated heterocycles. The van der Waals surface area contributed by atoms with Gasteiger partial charge in [-0.25, -0.2) is 5.43 Å². The second kappa shape index (κ2) is 8.09. The van der Waals surface area contributed by atoms with Gasteiger partial charge in [0.15, 0.2) is 0 Å². The number of allylic oxidation sites excluding steroid dienone is 4. The summed E-state index contributed by atoms with van der Waals surface area (Å²) in [5, 5.41) is 4.26. The Bertz CT molecular complexity index is 654.